The Kier molecular flexibility index (Phi) is 7.85. The molecule has 1 N–H and O–H groups in total. The maximum atomic E-state index is 12.5. The number of hydrogen-bond acceptors (Lipinski definition) is 5. The number of carbonyl (C=O) groups is 1. The van der Waals surface area contributed by atoms with Gasteiger partial charge in [-0.05, 0) is 60.9 Å². The highest BCUT2D eigenvalue weighted by Gasteiger charge is 2.12. The fourth-order valence-electron chi connectivity index (χ4n) is 3.51. The third-order valence-electron chi connectivity index (χ3n) is 5.38. The summed E-state index contributed by atoms with van der Waals surface area (Å²) in [5.74, 6) is 0.974. The van der Waals surface area contributed by atoms with Crippen molar-refractivity contribution in [2.75, 3.05) is 12.4 Å². The standard InChI is InChI=1S/C28H25ClN2O3S/c1-18-7-4-5-8-22(18)17-34-24-13-11-20(15-25(24)33-3)12-14-26(32)30-28-31-27(19(2)35-28)21-9-6-10-23(29)16-21/h4-16H,17H2,1-3H3,(H,30,31,32)/b14-12+. The average molecular weight is 505 g/mol. The Morgan fingerprint density at radius 3 is 2.66 bits per heavy atom. The van der Waals surface area contributed by atoms with Gasteiger partial charge in [-0.3, -0.25) is 10.1 Å². The van der Waals surface area contributed by atoms with Crippen LogP contribution in [0.5, 0.6) is 11.5 Å². The first kappa shape index (κ1) is 24.5. The van der Waals surface area contributed by atoms with Crippen LogP contribution in [0.25, 0.3) is 17.3 Å². The van der Waals surface area contributed by atoms with Gasteiger partial charge in [-0.1, -0.05) is 54.1 Å². The Labute approximate surface area is 214 Å². The predicted molar refractivity (Wildman–Crippen MR) is 143 cm³/mol. The first-order valence-electron chi connectivity index (χ1n) is 11.0. The second kappa shape index (κ2) is 11.2. The van der Waals surface area contributed by atoms with Gasteiger partial charge in [0.15, 0.2) is 16.6 Å². The Morgan fingerprint density at radius 1 is 1.06 bits per heavy atom. The molecule has 0 bridgehead atoms. The Balaban J connectivity index is 1.41. The molecule has 0 radical (unpaired) electrons. The number of thiazole rings is 1. The van der Waals surface area contributed by atoms with Gasteiger partial charge < -0.3 is 9.47 Å². The molecule has 0 aliphatic rings. The van der Waals surface area contributed by atoms with E-state index >= 15 is 0 Å². The lowest BCUT2D eigenvalue weighted by atomic mass is 10.1. The SMILES string of the molecule is COc1cc(/C=C/C(=O)Nc2nc(-c3cccc(Cl)c3)c(C)s2)ccc1OCc1ccccc1C. The van der Waals surface area contributed by atoms with Crippen LogP contribution in [0, 0.1) is 13.8 Å². The van der Waals surface area contributed by atoms with E-state index < -0.39 is 0 Å². The molecule has 1 heterocycles. The molecule has 1 aromatic heterocycles. The zero-order chi connectivity index (χ0) is 24.8. The summed E-state index contributed by atoms with van der Waals surface area (Å²) in [5, 5.41) is 4.01. The van der Waals surface area contributed by atoms with E-state index in [9.17, 15) is 4.79 Å². The summed E-state index contributed by atoms with van der Waals surface area (Å²) in [5.41, 5.74) is 4.83. The Hall–Kier alpha value is -3.61. The van der Waals surface area contributed by atoms with E-state index in [2.05, 4.69) is 23.3 Å². The van der Waals surface area contributed by atoms with Crippen molar-refractivity contribution >= 4 is 40.1 Å². The minimum atomic E-state index is -0.268. The number of halogens is 1. The molecule has 4 aromatic rings. The highest BCUT2D eigenvalue weighted by Crippen LogP contribution is 2.32. The van der Waals surface area contributed by atoms with Gasteiger partial charge in [-0.2, -0.15) is 0 Å². The number of rotatable bonds is 8. The minimum absolute atomic E-state index is 0.268. The highest BCUT2D eigenvalue weighted by molar-refractivity contribution is 7.16. The van der Waals surface area contributed by atoms with Crippen LogP contribution in [0.1, 0.15) is 21.6 Å². The number of methoxy groups -OCH3 is 1. The number of nitrogens with zero attached hydrogens (tertiary/aromatic N) is 1. The zero-order valence-electron chi connectivity index (χ0n) is 19.7. The van der Waals surface area contributed by atoms with Gasteiger partial charge in [0, 0.05) is 21.5 Å². The number of ether oxygens (including phenoxy) is 2. The van der Waals surface area contributed by atoms with Gasteiger partial charge in [-0.15, -0.1) is 11.3 Å². The Morgan fingerprint density at radius 2 is 1.89 bits per heavy atom. The normalized spacial score (nSPS) is 11.0. The Bertz CT molecular complexity index is 1380. The summed E-state index contributed by atoms with van der Waals surface area (Å²) in [6.45, 7) is 4.47. The third kappa shape index (κ3) is 6.29. The molecule has 3 aromatic carbocycles. The number of benzene rings is 3. The summed E-state index contributed by atoms with van der Waals surface area (Å²) in [4.78, 5) is 18.1. The van der Waals surface area contributed by atoms with E-state index in [-0.39, 0.29) is 5.91 Å². The number of aryl methyl sites for hydroxylation is 2. The maximum Gasteiger partial charge on any atom is 0.250 e. The topological polar surface area (TPSA) is 60.5 Å². The summed E-state index contributed by atoms with van der Waals surface area (Å²) >= 11 is 7.52. The van der Waals surface area contributed by atoms with Crippen LogP contribution in [-0.4, -0.2) is 18.0 Å². The molecule has 0 aliphatic heterocycles. The lowest BCUT2D eigenvalue weighted by Gasteiger charge is -2.12. The molecule has 0 saturated heterocycles. The molecule has 178 valence electrons. The summed E-state index contributed by atoms with van der Waals surface area (Å²) in [6.07, 6.45) is 3.19. The fourth-order valence-corrected chi connectivity index (χ4v) is 4.54. The monoisotopic (exact) mass is 504 g/mol. The molecule has 1 amide bonds. The van der Waals surface area contributed by atoms with Crippen LogP contribution in [0.3, 0.4) is 0 Å². The molecule has 0 aliphatic carbocycles. The maximum absolute atomic E-state index is 12.5. The van der Waals surface area contributed by atoms with E-state index in [4.69, 9.17) is 21.1 Å². The van der Waals surface area contributed by atoms with E-state index in [0.29, 0.717) is 28.3 Å². The smallest absolute Gasteiger partial charge is 0.250 e. The van der Waals surface area contributed by atoms with Crippen molar-refractivity contribution in [2.24, 2.45) is 0 Å². The predicted octanol–water partition coefficient (Wildman–Crippen LogP) is 7.32. The van der Waals surface area contributed by atoms with Crippen molar-refractivity contribution in [1.82, 2.24) is 4.98 Å². The summed E-state index contributed by atoms with van der Waals surface area (Å²) < 4.78 is 11.5. The average Bonchev–Trinajstić information content (AvgIpc) is 3.22. The molecule has 0 unspecified atom stereocenters. The van der Waals surface area contributed by atoms with Gasteiger partial charge in [0.25, 0.3) is 0 Å². The van der Waals surface area contributed by atoms with Crippen molar-refractivity contribution in [2.45, 2.75) is 20.5 Å². The van der Waals surface area contributed by atoms with Crippen LogP contribution in [0.15, 0.2) is 72.8 Å². The van der Waals surface area contributed by atoms with Crippen LogP contribution in [0.4, 0.5) is 5.13 Å². The number of amides is 1. The minimum Gasteiger partial charge on any atom is -0.493 e. The first-order chi connectivity index (χ1) is 16.9. The van der Waals surface area contributed by atoms with Crippen molar-refractivity contribution in [1.29, 1.82) is 0 Å². The summed E-state index contributed by atoms with van der Waals surface area (Å²) in [6, 6.07) is 21.2. The molecule has 0 saturated carbocycles. The van der Waals surface area contributed by atoms with Gasteiger partial charge in [0.1, 0.15) is 6.61 Å². The third-order valence-corrected chi connectivity index (χ3v) is 6.51. The molecular weight excluding hydrogens is 480 g/mol. The van der Waals surface area contributed by atoms with Gasteiger partial charge >= 0.3 is 0 Å². The summed E-state index contributed by atoms with van der Waals surface area (Å²) in [7, 11) is 1.60. The highest BCUT2D eigenvalue weighted by atomic mass is 35.5. The molecule has 35 heavy (non-hydrogen) atoms. The largest absolute Gasteiger partial charge is 0.493 e. The molecule has 0 atom stereocenters. The van der Waals surface area contributed by atoms with Crippen LogP contribution in [0.2, 0.25) is 5.02 Å². The molecule has 5 nitrogen and oxygen atoms in total. The number of nitrogens with one attached hydrogen (secondary N) is 1. The van der Waals surface area contributed by atoms with Crippen molar-refractivity contribution < 1.29 is 14.3 Å². The molecular formula is C28H25ClN2O3S. The quantitative estimate of drug-likeness (QED) is 0.255. The van der Waals surface area contributed by atoms with Crippen molar-refractivity contribution in [3.8, 4) is 22.8 Å². The second-order valence-electron chi connectivity index (χ2n) is 7.88. The molecule has 4 rings (SSSR count). The van der Waals surface area contributed by atoms with Gasteiger partial charge in [0.2, 0.25) is 5.91 Å². The number of carbonyl (C=O) groups excluding carboxylic acids is 1. The lowest BCUT2D eigenvalue weighted by Crippen LogP contribution is -2.07. The molecule has 0 spiro atoms. The van der Waals surface area contributed by atoms with Crippen LogP contribution >= 0.6 is 22.9 Å². The first-order valence-corrected chi connectivity index (χ1v) is 12.2. The van der Waals surface area contributed by atoms with Gasteiger partial charge in [0.05, 0.1) is 12.8 Å². The van der Waals surface area contributed by atoms with Crippen molar-refractivity contribution in [3.05, 3.63) is 99.4 Å². The van der Waals surface area contributed by atoms with E-state index in [1.807, 2.05) is 67.6 Å². The van der Waals surface area contributed by atoms with Gasteiger partial charge in [-0.25, -0.2) is 4.98 Å². The van der Waals surface area contributed by atoms with Crippen LogP contribution in [-0.2, 0) is 11.4 Å². The van der Waals surface area contributed by atoms with E-state index in [1.165, 1.54) is 23.0 Å². The van der Waals surface area contributed by atoms with Crippen LogP contribution < -0.4 is 14.8 Å². The van der Waals surface area contributed by atoms with E-state index in [1.54, 1.807) is 13.2 Å². The molecule has 0 fully saturated rings. The van der Waals surface area contributed by atoms with E-state index in [0.717, 1.165) is 27.3 Å². The van der Waals surface area contributed by atoms with Crippen molar-refractivity contribution in [3.63, 3.8) is 0 Å². The zero-order valence-corrected chi connectivity index (χ0v) is 21.2. The number of hydrogen-bond donors (Lipinski definition) is 1. The fraction of sp³-hybridized carbons (Fsp3) is 0.143. The second-order valence-corrected chi connectivity index (χ2v) is 9.52. The number of aromatic nitrogens is 1. The molecule has 7 heteroatoms. The number of anilines is 1. The lowest BCUT2D eigenvalue weighted by molar-refractivity contribution is -0.111.